The zero-order chi connectivity index (χ0) is 19.2. The molecular formula is C21H24N2O4. The number of ether oxygens (including phenoxy) is 2. The van der Waals surface area contributed by atoms with Gasteiger partial charge in [0.15, 0.2) is 6.61 Å². The fourth-order valence-electron chi connectivity index (χ4n) is 3.00. The van der Waals surface area contributed by atoms with Crippen LogP contribution in [-0.2, 0) is 9.53 Å². The number of nitrogens with zero attached hydrogens (tertiary/aromatic N) is 2. The number of aryl methyl sites for hydroxylation is 1. The van der Waals surface area contributed by atoms with Gasteiger partial charge < -0.3 is 19.3 Å². The number of esters is 1. The van der Waals surface area contributed by atoms with Gasteiger partial charge in [0.1, 0.15) is 5.75 Å². The summed E-state index contributed by atoms with van der Waals surface area (Å²) >= 11 is 0. The molecule has 1 amide bonds. The van der Waals surface area contributed by atoms with Crippen molar-refractivity contribution in [1.29, 1.82) is 0 Å². The Morgan fingerprint density at radius 2 is 1.56 bits per heavy atom. The number of carbonyl (C=O) groups excluding carboxylic acids is 2. The lowest BCUT2D eigenvalue weighted by Crippen LogP contribution is -2.49. The second kappa shape index (κ2) is 8.58. The minimum absolute atomic E-state index is 0.162. The summed E-state index contributed by atoms with van der Waals surface area (Å²) < 4.78 is 10.3. The number of rotatable bonds is 5. The van der Waals surface area contributed by atoms with Crippen LogP contribution >= 0.6 is 0 Å². The first-order valence-electron chi connectivity index (χ1n) is 8.97. The molecule has 0 aliphatic carbocycles. The SMILES string of the molecule is COc1ccc(N2CCN(C(=O)COC(=O)c3ccc(C)cc3)CC2)cc1. The molecule has 6 nitrogen and oxygen atoms in total. The standard InChI is InChI=1S/C21H24N2O4/c1-16-3-5-17(6-4-16)21(25)27-15-20(24)23-13-11-22(12-14-23)18-7-9-19(26-2)10-8-18/h3-10H,11-15H2,1-2H3. The number of hydrogen-bond donors (Lipinski definition) is 0. The molecule has 1 aliphatic heterocycles. The van der Waals surface area contributed by atoms with Crippen molar-refractivity contribution >= 4 is 17.6 Å². The van der Waals surface area contributed by atoms with E-state index in [1.54, 1.807) is 24.1 Å². The Labute approximate surface area is 159 Å². The van der Waals surface area contributed by atoms with Gasteiger partial charge in [-0.25, -0.2) is 4.79 Å². The molecule has 3 rings (SSSR count). The van der Waals surface area contributed by atoms with Gasteiger partial charge in [-0.2, -0.15) is 0 Å². The Kier molecular flexibility index (Phi) is 5.96. The zero-order valence-electron chi connectivity index (χ0n) is 15.7. The van der Waals surface area contributed by atoms with Gasteiger partial charge in [0.05, 0.1) is 12.7 Å². The normalized spacial score (nSPS) is 14.0. The van der Waals surface area contributed by atoms with E-state index in [9.17, 15) is 9.59 Å². The molecule has 0 N–H and O–H groups in total. The number of carbonyl (C=O) groups is 2. The first-order chi connectivity index (χ1) is 13.1. The van der Waals surface area contributed by atoms with Crippen LogP contribution in [0, 0.1) is 6.92 Å². The second-order valence-corrected chi connectivity index (χ2v) is 6.51. The largest absolute Gasteiger partial charge is 0.497 e. The molecule has 0 spiro atoms. The summed E-state index contributed by atoms with van der Waals surface area (Å²) in [5, 5.41) is 0. The molecule has 0 bridgehead atoms. The van der Waals surface area contributed by atoms with Crippen molar-refractivity contribution in [3.05, 3.63) is 59.7 Å². The summed E-state index contributed by atoms with van der Waals surface area (Å²) in [6.07, 6.45) is 0. The fourth-order valence-corrected chi connectivity index (χ4v) is 3.00. The summed E-state index contributed by atoms with van der Waals surface area (Å²) in [5.41, 5.74) is 2.63. The van der Waals surface area contributed by atoms with Crippen LogP contribution in [0.2, 0.25) is 0 Å². The van der Waals surface area contributed by atoms with Crippen LogP contribution in [-0.4, -0.2) is 56.7 Å². The number of anilines is 1. The summed E-state index contributed by atoms with van der Waals surface area (Å²) in [4.78, 5) is 28.3. The molecule has 27 heavy (non-hydrogen) atoms. The smallest absolute Gasteiger partial charge is 0.338 e. The molecular weight excluding hydrogens is 344 g/mol. The highest BCUT2D eigenvalue weighted by molar-refractivity contribution is 5.91. The summed E-state index contributed by atoms with van der Waals surface area (Å²) in [6, 6.07) is 15.0. The monoisotopic (exact) mass is 368 g/mol. The van der Waals surface area contributed by atoms with E-state index < -0.39 is 5.97 Å². The maximum Gasteiger partial charge on any atom is 0.338 e. The predicted molar refractivity (Wildman–Crippen MR) is 103 cm³/mol. The average molecular weight is 368 g/mol. The van der Waals surface area contributed by atoms with Crippen molar-refractivity contribution in [2.45, 2.75) is 6.92 Å². The Hall–Kier alpha value is -3.02. The molecule has 0 aromatic heterocycles. The molecule has 0 atom stereocenters. The van der Waals surface area contributed by atoms with Crippen LogP contribution in [0.1, 0.15) is 15.9 Å². The van der Waals surface area contributed by atoms with Crippen molar-refractivity contribution in [1.82, 2.24) is 4.90 Å². The van der Waals surface area contributed by atoms with E-state index >= 15 is 0 Å². The van der Waals surface area contributed by atoms with Crippen LogP contribution in [0.5, 0.6) is 5.75 Å². The molecule has 6 heteroatoms. The van der Waals surface area contributed by atoms with Crippen molar-refractivity contribution in [2.75, 3.05) is 44.8 Å². The average Bonchev–Trinajstić information content (AvgIpc) is 2.72. The Morgan fingerprint density at radius 1 is 0.926 bits per heavy atom. The van der Waals surface area contributed by atoms with Crippen LogP contribution in [0.4, 0.5) is 5.69 Å². The highest BCUT2D eigenvalue weighted by Crippen LogP contribution is 2.20. The lowest BCUT2D eigenvalue weighted by atomic mass is 10.1. The van der Waals surface area contributed by atoms with Gasteiger partial charge >= 0.3 is 5.97 Å². The quantitative estimate of drug-likeness (QED) is 0.759. The van der Waals surface area contributed by atoms with Gasteiger partial charge in [0.2, 0.25) is 0 Å². The summed E-state index contributed by atoms with van der Waals surface area (Å²) in [5.74, 6) is 0.188. The minimum atomic E-state index is -0.472. The highest BCUT2D eigenvalue weighted by atomic mass is 16.5. The van der Waals surface area contributed by atoms with Crippen molar-refractivity contribution in [3.8, 4) is 5.75 Å². The molecule has 1 heterocycles. The van der Waals surface area contributed by atoms with Crippen LogP contribution in [0.15, 0.2) is 48.5 Å². The van der Waals surface area contributed by atoms with E-state index in [1.165, 1.54) is 0 Å². The first-order valence-corrected chi connectivity index (χ1v) is 8.97. The molecule has 0 unspecified atom stereocenters. The van der Waals surface area contributed by atoms with Gasteiger partial charge in [-0.15, -0.1) is 0 Å². The second-order valence-electron chi connectivity index (χ2n) is 6.51. The number of hydrogen-bond acceptors (Lipinski definition) is 5. The van der Waals surface area contributed by atoms with E-state index in [2.05, 4.69) is 4.90 Å². The van der Waals surface area contributed by atoms with E-state index in [-0.39, 0.29) is 12.5 Å². The Morgan fingerprint density at radius 3 is 2.15 bits per heavy atom. The van der Waals surface area contributed by atoms with E-state index in [0.717, 1.165) is 30.1 Å². The number of methoxy groups -OCH3 is 1. The molecule has 1 aliphatic rings. The third-order valence-electron chi connectivity index (χ3n) is 4.68. The van der Waals surface area contributed by atoms with E-state index in [4.69, 9.17) is 9.47 Å². The molecule has 0 saturated carbocycles. The topological polar surface area (TPSA) is 59.1 Å². The minimum Gasteiger partial charge on any atom is -0.497 e. The predicted octanol–water partition coefficient (Wildman–Crippen LogP) is 2.51. The zero-order valence-corrected chi connectivity index (χ0v) is 15.7. The lowest BCUT2D eigenvalue weighted by Gasteiger charge is -2.36. The summed E-state index contributed by atoms with van der Waals surface area (Å²) in [6.45, 7) is 4.41. The molecule has 0 radical (unpaired) electrons. The molecule has 2 aromatic carbocycles. The number of piperazine rings is 1. The number of amides is 1. The van der Waals surface area contributed by atoms with E-state index in [0.29, 0.717) is 18.7 Å². The third kappa shape index (κ3) is 4.78. The van der Waals surface area contributed by atoms with Gasteiger partial charge in [0, 0.05) is 31.9 Å². The Balaban J connectivity index is 1.46. The van der Waals surface area contributed by atoms with Gasteiger partial charge in [-0.05, 0) is 43.3 Å². The Bertz CT molecular complexity index is 779. The van der Waals surface area contributed by atoms with Crippen molar-refractivity contribution in [2.24, 2.45) is 0 Å². The van der Waals surface area contributed by atoms with Gasteiger partial charge in [-0.3, -0.25) is 4.79 Å². The maximum atomic E-state index is 12.3. The summed E-state index contributed by atoms with van der Waals surface area (Å²) in [7, 11) is 1.64. The molecule has 142 valence electrons. The van der Waals surface area contributed by atoms with Gasteiger partial charge in [0.25, 0.3) is 5.91 Å². The van der Waals surface area contributed by atoms with Crippen molar-refractivity contribution in [3.63, 3.8) is 0 Å². The van der Waals surface area contributed by atoms with Gasteiger partial charge in [-0.1, -0.05) is 17.7 Å². The number of benzene rings is 2. The maximum absolute atomic E-state index is 12.3. The first kappa shape index (κ1) is 18.8. The molecule has 1 saturated heterocycles. The van der Waals surface area contributed by atoms with Crippen LogP contribution in [0.25, 0.3) is 0 Å². The molecule has 1 fully saturated rings. The molecule has 2 aromatic rings. The third-order valence-corrected chi connectivity index (χ3v) is 4.68. The van der Waals surface area contributed by atoms with Crippen LogP contribution in [0.3, 0.4) is 0 Å². The highest BCUT2D eigenvalue weighted by Gasteiger charge is 2.22. The van der Waals surface area contributed by atoms with E-state index in [1.807, 2.05) is 43.3 Å². The van der Waals surface area contributed by atoms with Crippen molar-refractivity contribution < 1.29 is 19.1 Å². The van der Waals surface area contributed by atoms with Crippen LogP contribution < -0.4 is 9.64 Å². The lowest BCUT2D eigenvalue weighted by molar-refractivity contribution is -0.134. The fraction of sp³-hybridized carbons (Fsp3) is 0.333.